The van der Waals surface area contributed by atoms with Gasteiger partial charge in [-0.15, -0.1) is 0 Å². The van der Waals surface area contributed by atoms with Crippen LogP contribution in [-0.2, 0) is 6.54 Å². The first kappa shape index (κ1) is 16.5. The molecule has 0 fully saturated rings. The summed E-state index contributed by atoms with van der Waals surface area (Å²) >= 11 is 0. The number of nitrogens with zero attached hydrogens (tertiary/aromatic N) is 6. The number of hydrogen-bond acceptors (Lipinski definition) is 6. The summed E-state index contributed by atoms with van der Waals surface area (Å²) in [5.74, 6) is 1.29. The number of benzene rings is 1. The van der Waals surface area contributed by atoms with Crippen LogP contribution in [0.5, 0.6) is 0 Å². The van der Waals surface area contributed by atoms with Gasteiger partial charge >= 0.3 is 0 Å². The van der Waals surface area contributed by atoms with E-state index in [1.54, 1.807) is 41.6 Å². The van der Waals surface area contributed by atoms with Crippen LogP contribution in [0, 0.1) is 10.1 Å². The van der Waals surface area contributed by atoms with Crippen LogP contribution in [0.3, 0.4) is 0 Å². The van der Waals surface area contributed by atoms with E-state index >= 15 is 0 Å². The van der Waals surface area contributed by atoms with Crippen molar-refractivity contribution in [2.24, 2.45) is 0 Å². The molecule has 0 spiro atoms. The number of nitro benzene ring substituents is 1. The maximum Gasteiger partial charge on any atom is 0.269 e. The molecular formula is C19H14N6O2. The fourth-order valence-corrected chi connectivity index (χ4v) is 2.69. The van der Waals surface area contributed by atoms with Crippen LogP contribution in [0.15, 0.2) is 73.3 Å². The zero-order chi connectivity index (χ0) is 18.6. The molecule has 0 saturated heterocycles. The molecule has 0 unspecified atom stereocenters. The van der Waals surface area contributed by atoms with Crippen molar-refractivity contribution < 1.29 is 4.92 Å². The van der Waals surface area contributed by atoms with E-state index in [-0.39, 0.29) is 5.69 Å². The maximum absolute atomic E-state index is 10.8. The van der Waals surface area contributed by atoms with Gasteiger partial charge in [0.2, 0.25) is 0 Å². The summed E-state index contributed by atoms with van der Waals surface area (Å²) in [6.07, 6.45) is 6.79. The minimum atomic E-state index is -0.414. The van der Waals surface area contributed by atoms with Crippen LogP contribution in [0.2, 0.25) is 0 Å². The minimum absolute atomic E-state index is 0.0594. The van der Waals surface area contributed by atoms with Crippen LogP contribution in [0.4, 0.5) is 5.69 Å². The van der Waals surface area contributed by atoms with Crippen molar-refractivity contribution >= 4 is 5.69 Å². The molecule has 27 heavy (non-hydrogen) atoms. The molecule has 3 heterocycles. The van der Waals surface area contributed by atoms with E-state index in [2.05, 4.69) is 20.1 Å². The Labute approximate surface area is 154 Å². The molecule has 0 aliphatic rings. The van der Waals surface area contributed by atoms with Crippen molar-refractivity contribution in [1.82, 2.24) is 24.7 Å². The quantitative estimate of drug-likeness (QED) is 0.401. The van der Waals surface area contributed by atoms with Gasteiger partial charge in [-0.2, -0.15) is 5.10 Å². The zero-order valence-electron chi connectivity index (χ0n) is 14.1. The topological polar surface area (TPSA) is 99.6 Å². The molecule has 0 saturated carbocycles. The van der Waals surface area contributed by atoms with Crippen molar-refractivity contribution in [2.45, 2.75) is 6.54 Å². The minimum Gasteiger partial charge on any atom is -0.265 e. The van der Waals surface area contributed by atoms with E-state index in [4.69, 9.17) is 0 Å². The van der Waals surface area contributed by atoms with Gasteiger partial charge in [-0.3, -0.25) is 20.1 Å². The van der Waals surface area contributed by atoms with E-state index in [9.17, 15) is 10.1 Å². The molecule has 0 aliphatic carbocycles. The molecule has 4 aromatic rings. The molecule has 4 rings (SSSR count). The number of non-ortho nitro benzene ring substituents is 1. The molecule has 132 valence electrons. The Morgan fingerprint density at radius 2 is 1.44 bits per heavy atom. The van der Waals surface area contributed by atoms with Gasteiger partial charge in [0.1, 0.15) is 0 Å². The Bertz CT molecular complexity index is 1060. The lowest BCUT2D eigenvalue weighted by Crippen LogP contribution is -2.04. The maximum atomic E-state index is 10.8. The monoisotopic (exact) mass is 358 g/mol. The van der Waals surface area contributed by atoms with Crippen LogP contribution < -0.4 is 0 Å². The number of hydrogen-bond donors (Lipinski definition) is 0. The lowest BCUT2D eigenvalue weighted by atomic mass is 10.2. The molecule has 1 aromatic carbocycles. The number of pyridine rings is 2. The summed E-state index contributed by atoms with van der Waals surface area (Å²) in [5, 5.41) is 15.5. The van der Waals surface area contributed by atoms with Crippen molar-refractivity contribution in [3.8, 4) is 22.8 Å². The smallest absolute Gasteiger partial charge is 0.265 e. The van der Waals surface area contributed by atoms with E-state index < -0.39 is 4.92 Å². The summed E-state index contributed by atoms with van der Waals surface area (Å²) < 4.78 is 1.78. The molecular weight excluding hydrogens is 344 g/mol. The number of rotatable bonds is 5. The summed E-state index contributed by atoms with van der Waals surface area (Å²) in [6, 6.07) is 13.9. The SMILES string of the molecule is O=[N+]([O-])c1ccc(Cn2nc(-c3ccncc3)nc2-c2ccncc2)cc1. The van der Waals surface area contributed by atoms with E-state index in [1.165, 1.54) is 12.1 Å². The predicted octanol–water partition coefficient (Wildman–Crippen LogP) is 3.36. The highest BCUT2D eigenvalue weighted by molar-refractivity contribution is 5.61. The fourth-order valence-electron chi connectivity index (χ4n) is 2.69. The van der Waals surface area contributed by atoms with Gasteiger partial charge in [0.15, 0.2) is 11.6 Å². The Morgan fingerprint density at radius 1 is 0.852 bits per heavy atom. The lowest BCUT2D eigenvalue weighted by molar-refractivity contribution is -0.384. The average Bonchev–Trinajstić information content (AvgIpc) is 3.13. The summed E-state index contributed by atoms with van der Waals surface area (Å²) in [7, 11) is 0. The van der Waals surface area contributed by atoms with Gasteiger partial charge in [0.05, 0.1) is 11.5 Å². The first-order chi connectivity index (χ1) is 13.2. The van der Waals surface area contributed by atoms with Crippen molar-refractivity contribution in [1.29, 1.82) is 0 Å². The van der Waals surface area contributed by atoms with E-state index in [0.717, 1.165) is 16.7 Å². The molecule has 0 bridgehead atoms. The van der Waals surface area contributed by atoms with Crippen LogP contribution in [0.1, 0.15) is 5.56 Å². The highest BCUT2D eigenvalue weighted by atomic mass is 16.6. The van der Waals surface area contributed by atoms with Crippen molar-refractivity contribution in [3.05, 3.63) is 89.0 Å². The largest absolute Gasteiger partial charge is 0.269 e. The third kappa shape index (κ3) is 3.54. The van der Waals surface area contributed by atoms with Crippen LogP contribution >= 0.6 is 0 Å². The fraction of sp³-hybridized carbons (Fsp3) is 0.0526. The number of nitro groups is 1. The summed E-state index contributed by atoms with van der Waals surface area (Å²) in [4.78, 5) is 23.2. The van der Waals surface area contributed by atoms with Crippen LogP contribution in [0.25, 0.3) is 22.8 Å². The Balaban J connectivity index is 1.74. The zero-order valence-corrected chi connectivity index (χ0v) is 14.1. The van der Waals surface area contributed by atoms with Crippen molar-refractivity contribution in [3.63, 3.8) is 0 Å². The number of aromatic nitrogens is 5. The van der Waals surface area contributed by atoms with Crippen molar-refractivity contribution in [2.75, 3.05) is 0 Å². The molecule has 0 radical (unpaired) electrons. The van der Waals surface area contributed by atoms with E-state index in [0.29, 0.717) is 18.2 Å². The summed E-state index contributed by atoms with van der Waals surface area (Å²) in [6.45, 7) is 0.438. The molecule has 0 amide bonds. The summed E-state index contributed by atoms with van der Waals surface area (Å²) in [5.41, 5.74) is 2.70. The van der Waals surface area contributed by atoms with Gasteiger partial charge in [0, 0.05) is 48.0 Å². The molecule has 0 atom stereocenters. The van der Waals surface area contributed by atoms with Gasteiger partial charge in [-0.25, -0.2) is 9.67 Å². The second kappa shape index (κ2) is 7.12. The third-order valence-corrected chi connectivity index (χ3v) is 4.03. The second-order valence-corrected chi connectivity index (χ2v) is 5.81. The van der Waals surface area contributed by atoms with E-state index in [1.807, 2.05) is 24.3 Å². The molecule has 8 heteroatoms. The highest BCUT2D eigenvalue weighted by Gasteiger charge is 2.14. The molecule has 0 aliphatic heterocycles. The molecule has 3 aromatic heterocycles. The third-order valence-electron chi connectivity index (χ3n) is 4.03. The first-order valence-corrected chi connectivity index (χ1v) is 8.20. The normalized spacial score (nSPS) is 10.7. The van der Waals surface area contributed by atoms with Gasteiger partial charge in [-0.05, 0) is 29.8 Å². The van der Waals surface area contributed by atoms with Gasteiger partial charge in [-0.1, -0.05) is 12.1 Å². The average molecular weight is 358 g/mol. The standard InChI is InChI=1S/C19H14N6O2/c26-25(27)17-3-1-14(2-4-17)13-24-19(16-7-11-21-12-8-16)22-18(23-24)15-5-9-20-10-6-15/h1-12H,13H2. The van der Waals surface area contributed by atoms with Crippen LogP contribution in [-0.4, -0.2) is 29.7 Å². The van der Waals surface area contributed by atoms with Gasteiger partial charge in [0.25, 0.3) is 5.69 Å². The lowest BCUT2D eigenvalue weighted by Gasteiger charge is -2.06. The van der Waals surface area contributed by atoms with Gasteiger partial charge < -0.3 is 0 Å². The predicted molar refractivity (Wildman–Crippen MR) is 98.7 cm³/mol. The highest BCUT2D eigenvalue weighted by Crippen LogP contribution is 2.23. The Hall–Kier alpha value is -3.94. The first-order valence-electron chi connectivity index (χ1n) is 8.20. The Kier molecular flexibility index (Phi) is 4.36. The molecule has 8 nitrogen and oxygen atoms in total. The second-order valence-electron chi connectivity index (χ2n) is 5.81. The Morgan fingerprint density at radius 3 is 2.04 bits per heavy atom. The molecule has 0 N–H and O–H groups in total.